The highest BCUT2D eigenvalue weighted by molar-refractivity contribution is 5.70. The molecule has 2 nitrogen and oxygen atoms in total. The molecule has 1 saturated carbocycles. The minimum atomic E-state index is -0.853. The molecule has 0 aromatic heterocycles. The van der Waals surface area contributed by atoms with Crippen LogP contribution in [0.1, 0.15) is 31.7 Å². The molecule has 104 valence electrons. The summed E-state index contributed by atoms with van der Waals surface area (Å²) < 4.78 is 27.3. The average Bonchev–Trinajstić information content (AvgIpc) is 2.33. The molecule has 1 fully saturated rings. The van der Waals surface area contributed by atoms with E-state index in [1.165, 1.54) is 18.2 Å². The van der Waals surface area contributed by atoms with Gasteiger partial charge in [-0.3, -0.25) is 4.79 Å². The van der Waals surface area contributed by atoms with E-state index in [0.29, 0.717) is 18.8 Å². The molecule has 0 heterocycles. The van der Waals surface area contributed by atoms with Crippen LogP contribution >= 0.6 is 0 Å². The van der Waals surface area contributed by atoms with Gasteiger partial charge in [0.2, 0.25) is 0 Å². The molecule has 2 rings (SSSR count). The number of rotatable bonds is 3. The van der Waals surface area contributed by atoms with Gasteiger partial charge in [0.15, 0.2) is 0 Å². The third-order valence-electron chi connectivity index (χ3n) is 4.09. The van der Waals surface area contributed by atoms with Gasteiger partial charge in [-0.15, -0.1) is 0 Å². The molecule has 1 aliphatic carbocycles. The summed E-state index contributed by atoms with van der Waals surface area (Å²) in [6.07, 6.45) is 2.34. The molecule has 1 aliphatic rings. The molecule has 0 bridgehead atoms. The molecule has 3 atom stereocenters. The molecule has 1 aromatic carbocycles. The van der Waals surface area contributed by atoms with Crippen LogP contribution in [0.15, 0.2) is 18.2 Å². The Labute approximate surface area is 111 Å². The Kier molecular flexibility index (Phi) is 4.17. The normalized spacial score (nSPS) is 27.2. The summed E-state index contributed by atoms with van der Waals surface area (Å²) in [4.78, 5) is 11.2. The standard InChI is InChI=1S/C15H18F2O2/c1-9-5-6-11(15(18)19)10(7-9)8-12-13(16)3-2-4-14(12)17/h2-4,9-11H,5-8H2,1H3,(H,18,19). The van der Waals surface area contributed by atoms with Gasteiger partial charge in [0.1, 0.15) is 11.6 Å². The van der Waals surface area contributed by atoms with E-state index in [2.05, 4.69) is 6.92 Å². The fourth-order valence-corrected chi connectivity index (χ4v) is 3.04. The molecular weight excluding hydrogens is 250 g/mol. The fourth-order valence-electron chi connectivity index (χ4n) is 3.04. The second-order valence-electron chi connectivity index (χ2n) is 5.53. The molecule has 4 heteroatoms. The van der Waals surface area contributed by atoms with Crippen LogP contribution in [-0.2, 0) is 11.2 Å². The first-order valence-corrected chi connectivity index (χ1v) is 6.64. The van der Waals surface area contributed by atoms with Crippen molar-refractivity contribution in [2.24, 2.45) is 17.8 Å². The van der Waals surface area contributed by atoms with Gasteiger partial charge in [0.25, 0.3) is 0 Å². The first-order chi connectivity index (χ1) is 8.99. The van der Waals surface area contributed by atoms with E-state index < -0.39 is 23.5 Å². The third-order valence-corrected chi connectivity index (χ3v) is 4.09. The molecule has 0 amide bonds. The number of halogens is 2. The highest BCUT2D eigenvalue weighted by Gasteiger charge is 2.34. The van der Waals surface area contributed by atoms with E-state index >= 15 is 0 Å². The first-order valence-electron chi connectivity index (χ1n) is 6.64. The summed E-state index contributed by atoms with van der Waals surface area (Å²) in [6.45, 7) is 2.06. The van der Waals surface area contributed by atoms with Gasteiger partial charge in [-0.25, -0.2) is 8.78 Å². The Hall–Kier alpha value is -1.45. The molecule has 1 aromatic rings. The predicted octanol–water partition coefficient (Wildman–Crippen LogP) is 3.64. The predicted molar refractivity (Wildman–Crippen MR) is 67.7 cm³/mol. The summed E-state index contributed by atoms with van der Waals surface area (Å²) in [6, 6.07) is 3.77. The zero-order valence-electron chi connectivity index (χ0n) is 10.9. The lowest BCUT2D eigenvalue weighted by Crippen LogP contribution is -2.31. The van der Waals surface area contributed by atoms with Crippen molar-refractivity contribution in [3.05, 3.63) is 35.4 Å². The third kappa shape index (κ3) is 3.11. The van der Waals surface area contributed by atoms with Crippen LogP contribution in [0.25, 0.3) is 0 Å². The first kappa shape index (κ1) is 14.0. The van der Waals surface area contributed by atoms with Crippen molar-refractivity contribution in [1.82, 2.24) is 0 Å². The Morgan fingerprint density at radius 2 is 1.95 bits per heavy atom. The number of carbonyl (C=O) groups is 1. The lowest BCUT2D eigenvalue weighted by atomic mass is 9.72. The van der Waals surface area contributed by atoms with Crippen LogP contribution < -0.4 is 0 Å². The maximum absolute atomic E-state index is 13.6. The zero-order chi connectivity index (χ0) is 14.0. The largest absolute Gasteiger partial charge is 0.481 e. The van der Waals surface area contributed by atoms with Crippen LogP contribution in [0, 0.1) is 29.4 Å². The Morgan fingerprint density at radius 1 is 1.32 bits per heavy atom. The van der Waals surface area contributed by atoms with E-state index in [9.17, 15) is 18.7 Å². The van der Waals surface area contributed by atoms with Gasteiger partial charge in [0, 0.05) is 5.56 Å². The van der Waals surface area contributed by atoms with E-state index in [4.69, 9.17) is 0 Å². The molecule has 0 aliphatic heterocycles. The monoisotopic (exact) mass is 268 g/mol. The average molecular weight is 268 g/mol. The second kappa shape index (κ2) is 5.68. The summed E-state index contributed by atoms with van der Waals surface area (Å²) in [5.41, 5.74) is 0.0212. The van der Waals surface area contributed by atoms with Crippen molar-refractivity contribution >= 4 is 5.97 Å². The van der Waals surface area contributed by atoms with Crippen LogP contribution in [0.3, 0.4) is 0 Å². The SMILES string of the molecule is CC1CCC(C(=O)O)C(Cc2c(F)cccc2F)C1. The van der Waals surface area contributed by atoms with Crippen LogP contribution in [0.5, 0.6) is 0 Å². The lowest BCUT2D eigenvalue weighted by molar-refractivity contribution is -0.145. The van der Waals surface area contributed by atoms with Gasteiger partial charge in [-0.1, -0.05) is 13.0 Å². The minimum Gasteiger partial charge on any atom is -0.481 e. The molecule has 0 saturated heterocycles. The summed E-state index contributed by atoms with van der Waals surface area (Å²) in [5.74, 6) is -2.28. The van der Waals surface area contributed by atoms with Gasteiger partial charge in [-0.05, 0) is 49.7 Å². The van der Waals surface area contributed by atoms with E-state index in [0.717, 1.165) is 6.42 Å². The van der Waals surface area contributed by atoms with Gasteiger partial charge in [0.05, 0.1) is 5.92 Å². The number of carboxylic acids is 1. The van der Waals surface area contributed by atoms with Crippen molar-refractivity contribution in [1.29, 1.82) is 0 Å². The Balaban J connectivity index is 2.21. The maximum Gasteiger partial charge on any atom is 0.306 e. The van der Waals surface area contributed by atoms with Crippen molar-refractivity contribution in [2.45, 2.75) is 32.6 Å². The van der Waals surface area contributed by atoms with Crippen LogP contribution in [0.4, 0.5) is 8.78 Å². The second-order valence-corrected chi connectivity index (χ2v) is 5.53. The summed E-state index contributed by atoms with van der Waals surface area (Å²) in [5, 5.41) is 9.22. The lowest BCUT2D eigenvalue weighted by Gasteiger charge is -2.32. The summed E-state index contributed by atoms with van der Waals surface area (Å²) >= 11 is 0. The molecule has 19 heavy (non-hydrogen) atoms. The fraction of sp³-hybridized carbons (Fsp3) is 0.533. The minimum absolute atomic E-state index is 0.0212. The Bertz CT molecular complexity index is 453. The maximum atomic E-state index is 13.6. The Morgan fingerprint density at radius 3 is 2.53 bits per heavy atom. The van der Waals surface area contributed by atoms with E-state index in [1.807, 2.05) is 0 Å². The van der Waals surface area contributed by atoms with E-state index in [-0.39, 0.29) is 17.9 Å². The van der Waals surface area contributed by atoms with Crippen molar-refractivity contribution in [3.63, 3.8) is 0 Å². The topological polar surface area (TPSA) is 37.3 Å². The molecular formula is C15H18F2O2. The smallest absolute Gasteiger partial charge is 0.306 e. The van der Waals surface area contributed by atoms with Crippen molar-refractivity contribution < 1.29 is 18.7 Å². The quantitative estimate of drug-likeness (QED) is 0.908. The molecule has 0 radical (unpaired) electrons. The van der Waals surface area contributed by atoms with Gasteiger partial charge < -0.3 is 5.11 Å². The highest BCUT2D eigenvalue weighted by atomic mass is 19.1. The molecule has 0 spiro atoms. The van der Waals surface area contributed by atoms with Gasteiger partial charge >= 0.3 is 5.97 Å². The number of hydrogen-bond donors (Lipinski definition) is 1. The molecule has 3 unspecified atom stereocenters. The zero-order valence-corrected chi connectivity index (χ0v) is 10.9. The number of carboxylic acid groups (broad SMARTS) is 1. The van der Waals surface area contributed by atoms with Crippen molar-refractivity contribution in [2.75, 3.05) is 0 Å². The van der Waals surface area contributed by atoms with Gasteiger partial charge in [-0.2, -0.15) is 0 Å². The van der Waals surface area contributed by atoms with Crippen LogP contribution in [-0.4, -0.2) is 11.1 Å². The number of benzene rings is 1. The molecule has 1 N–H and O–H groups in total. The number of aliphatic carboxylic acids is 1. The summed E-state index contributed by atoms with van der Waals surface area (Å²) in [7, 11) is 0. The number of hydrogen-bond acceptors (Lipinski definition) is 1. The van der Waals surface area contributed by atoms with E-state index in [1.54, 1.807) is 0 Å². The highest BCUT2D eigenvalue weighted by Crippen LogP contribution is 2.36. The van der Waals surface area contributed by atoms with Crippen molar-refractivity contribution in [3.8, 4) is 0 Å². The van der Waals surface area contributed by atoms with Crippen LogP contribution in [0.2, 0.25) is 0 Å².